The van der Waals surface area contributed by atoms with Crippen LogP contribution < -0.4 is 14.8 Å². The molecule has 0 saturated carbocycles. The van der Waals surface area contributed by atoms with Crippen molar-refractivity contribution < 1.29 is 17.9 Å². The van der Waals surface area contributed by atoms with E-state index in [9.17, 15) is 13.2 Å². The number of hydrogen-bond donors (Lipinski definition) is 1. The normalized spacial score (nSPS) is 17.1. The lowest BCUT2D eigenvalue weighted by Crippen LogP contribution is -2.49. The van der Waals surface area contributed by atoms with Crippen molar-refractivity contribution in [3.63, 3.8) is 0 Å². The first-order valence-electron chi connectivity index (χ1n) is 7.45. The maximum atomic E-state index is 13.2. The molecule has 0 aromatic heterocycles. The topological polar surface area (TPSA) is 89.7 Å². The highest BCUT2D eigenvalue weighted by Gasteiger charge is 2.37. The van der Waals surface area contributed by atoms with Crippen molar-refractivity contribution in [2.24, 2.45) is 5.73 Å². The number of aryl methyl sites for hydroxylation is 2. The molecule has 0 fully saturated rings. The summed E-state index contributed by atoms with van der Waals surface area (Å²) in [7, 11) is -3.85. The Morgan fingerprint density at radius 1 is 1.21 bits per heavy atom. The van der Waals surface area contributed by atoms with Gasteiger partial charge in [0.15, 0.2) is 6.10 Å². The van der Waals surface area contributed by atoms with Gasteiger partial charge in [0.2, 0.25) is 0 Å². The van der Waals surface area contributed by atoms with Crippen LogP contribution in [0.1, 0.15) is 11.1 Å². The summed E-state index contributed by atoms with van der Waals surface area (Å²) in [4.78, 5) is 11.8. The zero-order valence-corrected chi connectivity index (χ0v) is 14.2. The van der Waals surface area contributed by atoms with Gasteiger partial charge in [-0.05, 0) is 43.2 Å². The molecule has 126 valence electrons. The second kappa shape index (κ2) is 5.83. The van der Waals surface area contributed by atoms with Crippen LogP contribution in [0.5, 0.6) is 5.75 Å². The van der Waals surface area contributed by atoms with Crippen molar-refractivity contribution in [1.82, 2.24) is 0 Å². The number of fused-ring (bicyclic) bond motifs is 1. The van der Waals surface area contributed by atoms with Crippen molar-refractivity contribution in [2.75, 3.05) is 10.8 Å². The predicted octanol–water partition coefficient (Wildman–Crippen LogP) is 1.75. The number of rotatable bonds is 3. The Labute approximate surface area is 140 Å². The molecule has 1 atom stereocenters. The number of amides is 1. The van der Waals surface area contributed by atoms with Gasteiger partial charge in [0, 0.05) is 0 Å². The number of hydrogen-bond acceptors (Lipinski definition) is 4. The summed E-state index contributed by atoms with van der Waals surface area (Å²) in [5.74, 6) is -0.382. The van der Waals surface area contributed by atoms with Crippen molar-refractivity contribution >= 4 is 21.6 Å². The Hall–Kier alpha value is -2.54. The van der Waals surface area contributed by atoms with Crippen LogP contribution in [0.2, 0.25) is 0 Å². The van der Waals surface area contributed by atoms with Crippen LogP contribution in [0.15, 0.2) is 47.4 Å². The fourth-order valence-electron chi connectivity index (χ4n) is 2.68. The lowest BCUT2D eigenvalue weighted by molar-refractivity contribution is -0.124. The van der Waals surface area contributed by atoms with Crippen molar-refractivity contribution in [1.29, 1.82) is 0 Å². The molecular weight excluding hydrogens is 328 g/mol. The number of primary amides is 1. The van der Waals surface area contributed by atoms with Gasteiger partial charge in [-0.15, -0.1) is 0 Å². The van der Waals surface area contributed by atoms with E-state index in [1.165, 1.54) is 4.31 Å². The van der Waals surface area contributed by atoms with Crippen molar-refractivity contribution in [3.8, 4) is 5.75 Å². The molecule has 2 N–H and O–H groups in total. The molecule has 0 unspecified atom stereocenters. The zero-order chi connectivity index (χ0) is 17.5. The molecule has 6 nitrogen and oxygen atoms in total. The second-order valence-electron chi connectivity index (χ2n) is 5.78. The van der Waals surface area contributed by atoms with Gasteiger partial charge in [0.1, 0.15) is 5.75 Å². The Balaban J connectivity index is 2.16. The average Bonchev–Trinajstić information content (AvgIpc) is 2.55. The molecular formula is C17H18N2O4S. The fraction of sp³-hybridized carbons (Fsp3) is 0.235. The smallest absolute Gasteiger partial charge is 0.264 e. The van der Waals surface area contributed by atoms with Crippen LogP contribution in [0.25, 0.3) is 0 Å². The molecule has 0 aliphatic carbocycles. The van der Waals surface area contributed by atoms with E-state index < -0.39 is 22.0 Å². The van der Waals surface area contributed by atoms with Gasteiger partial charge in [-0.2, -0.15) is 0 Å². The monoisotopic (exact) mass is 346 g/mol. The summed E-state index contributed by atoms with van der Waals surface area (Å²) in [6.45, 7) is 3.42. The van der Waals surface area contributed by atoms with E-state index in [-0.39, 0.29) is 11.4 Å². The third kappa shape index (κ3) is 2.71. The van der Waals surface area contributed by atoms with Crippen LogP contribution in [0.4, 0.5) is 5.69 Å². The molecule has 2 aromatic rings. The highest BCUT2D eigenvalue weighted by atomic mass is 32.2. The average molecular weight is 346 g/mol. The number of para-hydroxylation sites is 2. The highest BCUT2D eigenvalue weighted by molar-refractivity contribution is 7.92. The molecule has 7 heteroatoms. The van der Waals surface area contributed by atoms with Gasteiger partial charge in [-0.25, -0.2) is 8.42 Å². The third-order valence-electron chi connectivity index (χ3n) is 3.96. The first kappa shape index (κ1) is 16.3. The third-order valence-corrected chi connectivity index (χ3v) is 5.89. The fourth-order valence-corrected chi connectivity index (χ4v) is 4.47. The summed E-state index contributed by atoms with van der Waals surface area (Å²) in [5, 5.41) is 0. The number of anilines is 1. The molecule has 1 aliphatic heterocycles. The van der Waals surface area contributed by atoms with Gasteiger partial charge < -0.3 is 10.5 Å². The number of benzene rings is 2. The molecule has 24 heavy (non-hydrogen) atoms. The Bertz CT molecular complexity index is 909. The molecule has 1 aliphatic rings. The number of carbonyl (C=O) groups is 1. The van der Waals surface area contributed by atoms with E-state index in [1.54, 1.807) is 43.3 Å². The van der Waals surface area contributed by atoms with E-state index in [2.05, 4.69) is 0 Å². The summed E-state index contributed by atoms with van der Waals surface area (Å²) in [6.07, 6.45) is -1.03. The Morgan fingerprint density at radius 3 is 2.62 bits per heavy atom. The summed E-state index contributed by atoms with van der Waals surface area (Å²) >= 11 is 0. The van der Waals surface area contributed by atoms with Crippen LogP contribution in [-0.4, -0.2) is 27.0 Å². The van der Waals surface area contributed by atoms with Gasteiger partial charge in [0.05, 0.1) is 17.1 Å². The Kier molecular flexibility index (Phi) is 3.96. The number of nitrogens with two attached hydrogens (primary N) is 1. The zero-order valence-electron chi connectivity index (χ0n) is 13.4. The number of carbonyl (C=O) groups excluding carboxylic acids is 1. The SMILES string of the molecule is Cc1ccc(C)c(S(=O)(=O)N2C[C@@H](C(N)=O)Oc3ccccc32)c1. The maximum Gasteiger partial charge on any atom is 0.264 e. The summed E-state index contributed by atoms with van der Waals surface area (Å²) in [6, 6.07) is 11.9. The molecule has 0 radical (unpaired) electrons. The molecule has 0 bridgehead atoms. The molecule has 2 aromatic carbocycles. The first-order chi connectivity index (χ1) is 11.3. The Morgan fingerprint density at radius 2 is 1.92 bits per heavy atom. The van der Waals surface area contributed by atoms with Gasteiger partial charge in [-0.1, -0.05) is 24.3 Å². The molecule has 1 amide bonds. The summed E-state index contributed by atoms with van der Waals surface area (Å²) in [5.41, 5.74) is 7.22. The lowest BCUT2D eigenvalue weighted by Gasteiger charge is -2.34. The standard InChI is InChI=1S/C17H18N2O4S/c1-11-7-8-12(2)16(9-11)24(21,22)19-10-15(17(18)20)23-14-6-4-3-5-13(14)19/h3-9,15H,10H2,1-2H3,(H2,18,20)/t15-/m0/s1. The molecule has 0 spiro atoms. The molecule has 3 rings (SSSR count). The van der Waals surface area contributed by atoms with Crippen molar-refractivity contribution in [2.45, 2.75) is 24.8 Å². The molecule has 0 saturated heterocycles. The van der Waals surface area contributed by atoms with Gasteiger partial charge in [0.25, 0.3) is 15.9 Å². The number of ether oxygens (including phenoxy) is 1. The minimum absolute atomic E-state index is 0.151. The second-order valence-corrected chi connectivity index (χ2v) is 7.61. The van der Waals surface area contributed by atoms with E-state index >= 15 is 0 Å². The van der Waals surface area contributed by atoms with Crippen LogP contribution in [0.3, 0.4) is 0 Å². The quantitative estimate of drug-likeness (QED) is 0.917. The van der Waals surface area contributed by atoms with Crippen molar-refractivity contribution in [3.05, 3.63) is 53.6 Å². The maximum absolute atomic E-state index is 13.2. The van der Waals surface area contributed by atoms with Gasteiger partial charge >= 0.3 is 0 Å². The largest absolute Gasteiger partial charge is 0.476 e. The highest BCUT2D eigenvalue weighted by Crippen LogP contribution is 2.37. The van der Waals surface area contributed by atoms with E-state index in [0.29, 0.717) is 17.0 Å². The molecule has 1 heterocycles. The minimum Gasteiger partial charge on any atom is -0.476 e. The van der Waals surface area contributed by atoms with E-state index in [1.807, 2.05) is 13.0 Å². The predicted molar refractivity (Wildman–Crippen MR) is 90.5 cm³/mol. The van der Waals surface area contributed by atoms with Crippen LogP contribution in [-0.2, 0) is 14.8 Å². The number of nitrogens with zero attached hydrogens (tertiary/aromatic N) is 1. The van der Waals surface area contributed by atoms with Gasteiger partial charge in [-0.3, -0.25) is 9.10 Å². The summed E-state index contributed by atoms with van der Waals surface area (Å²) < 4.78 is 33.1. The van der Waals surface area contributed by atoms with Crippen LogP contribution >= 0.6 is 0 Å². The first-order valence-corrected chi connectivity index (χ1v) is 8.89. The lowest BCUT2D eigenvalue weighted by atomic mass is 10.2. The van der Waals surface area contributed by atoms with E-state index in [4.69, 9.17) is 10.5 Å². The van der Waals surface area contributed by atoms with E-state index in [0.717, 1.165) is 5.56 Å². The number of sulfonamides is 1. The van der Waals surface area contributed by atoms with Crippen LogP contribution in [0, 0.1) is 13.8 Å². The minimum atomic E-state index is -3.85.